The van der Waals surface area contributed by atoms with Crippen molar-refractivity contribution in [2.24, 2.45) is 5.73 Å². The van der Waals surface area contributed by atoms with Crippen LogP contribution in [0.2, 0.25) is 5.02 Å². The minimum absolute atomic E-state index is 0.566. The Morgan fingerprint density at radius 2 is 2.07 bits per heavy atom. The Bertz CT molecular complexity index is 335. The van der Waals surface area contributed by atoms with E-state index >= 15 is 0 Å². The molecule has 0 aromatic heterocycles. The van der Waals surface area contributed by atoms with E-state index in [-0.39, 0.29) is 0 Å². The van der Waals surface area contributed by atoms with Crippen LogP contribution in [-0.4, -0.2) is 26.2 Å². The normalized spacial score (nSPS) is 16.8. The van der Waals surface area contributed by atoms with Crippen LogP contribution in [0.25, 0.3) is 0 Å². The Morgan fingerprint density at radius 1 is 1.33 bits per heavy atom. The lowest BCUT2D eigenvalue weighted by Gasteiger charge is -2.31. The second-order valence-corrected chi connectivity index (χ2v) is 4.15. The first kappa shape index (κ1) is 10.7. The number of rotatable bonds is 2. The molecule has 0 atom stereocenters. The van der Waals surface area contributed by atoms with Gasteiger partial charge >= 0.3 is 0 Å². The van der Waals surface area contributed by atoms with Crippen LogP contribution in [0.1, 0.15) is 5.56 Å². The Labute approximate surface area is 95.2 Å². The summed E-state index contributed by atoms with van der Waals surface area (Å²) in [6.45, 7) is 4.66. The average Bonchev–Trinajstić information content (AvgIpc) is 2.30. The molecule has 1 aromatic carbocycles. The Morgan fingerprint density at radius 3 is 2.73 bits per heavy atom. The maximum absolute atomic E-state index is 6.01. The van der Waals surface area contributed by atoms with E-state index in [1.165, 1.54) is 11.3 Å². The molecule has 0 saturated carbocycles. The monoisotopic (exact) mass is 225 g/mol. The van der Waals surface area contributed by atoms with Gasteiger partial charge in [0.1, 0.15) is 0 Å². The fraction of sp³-hybridized carbons (Fsp3) is 0.455. The maximum atomic E-state index is 6.01. The number of hydrogen-bond acceptors (Lipinski definition) is 3. The average molecular weight is 226 g/mol. The molecule has 1 aliphatic heterocycles. The number of halogens is 1. The number of benzene rings is 1. The first-order valence-electron chi connectivity index (χ1n) is 5.25. The fourth-order valence-corrected chi connectivity index (χ4v) is 2.08. The van der Waals surface area contributed by atoms with E-state index in [2.05, 4.69) is 10.2 Å². The standard InChI is InChI=1S/C11H16ClN3/c12-10-2-1-9(8-13)11(7-10)15-5-3-14-4-6-15/h1-2,7,14H,3-6,8,13H2. The summed E-state index contributed by atoms with van der Waals surface area (Å²) in [6.07, 6.45) is 0. The van der Waals surface area contributed by atoms with Crippen LogP contribution in [-0.2, 0) is 6.54 Å². The molecule has 1 heterocycles. The van der Waals surface area contributed by atoms with Gasteiger partial charge in [0.05, 0.1) is 0 Å². The van der Waals surface area contributed by atoms with E-state index in [4.69, 9.17) is 17.3 Å². The van der Waals surface area contributed by atoms with E-state index in [0.29, 0.717) is 6.54 Å². The molecular formula is C11H16ClN3. The number of piperazine rings is 1. The molecule has 0 aliphatic carbocycles. The largest absolute Gasteiger partial charge is 0.369 e. The smallest absolute Gasteiger partial charge is 0.0427 e. The molecule has 82 valence electrons. The highest BCUT2D eigenvalue weighted by Crippen LogP contribution is 2.24. The fourth-order valence-electron chi connectivity index (χ4n) is 1.91. The molecule has 0 spiro atoms. The molecule has 0 bridgehead atoms. The molecule has 15 heavy (non-hydrogen) atoms. The zero-order chi connectivity index (χ0) is 10.7. The van der Waals surface area contributed by atoms with Crippen LogP contribution in [0.3, 0.4) is 0 Å². The lowest BCUT2D eigenvalue weighted by atomic mass is 10.1. The molecule has 3 nitrogen and oxygen atoms in total. The molecule has 1 aromatic rings. The number of hydrogen-bond donors (Lipinski definition) is 2. The van der Waals surface area contributed by atoms with Crippen LogP contribution < -0.4 is 16.0 Å². The van der Waals surface area contributed by atoms with Crippen LogP contribution in [0.15, 0.2) is 18.2 Å². The molecule has 2 rings (SSSR count). The number of nitrogens with one attached hydrogen (secondary N) is 1. The third-order valence-corrected chi connectivity index (χ3v) is 2.96. The van der Waals surface area contributed by atoms with Crippen molar-refractivity contribution in [2.45, 2.75) is 6.54 Å². The van der Waals surface area contributed by atoms with Crippen molar-refractivity contribution < 1.29 is 0 Å². The molecule has 0 amide bonds. The number of nitrogens with two attached hydrogens (primary N) is 1. The van der Waals surface area contributed by atoms with Crippen molar-refractivity contribution in [3.8, 4) is 0 Å². The molecule has 1 fully saturated rings. The molecule has 4 heteroatoms. The lowest BCUT2D eigenvalue weighted by Crippen LogP contribution is -2.44. The lowest BCUT2D eigenvalue weighted by molar-refractivity contribution is 0.588. The summed E-state index contributed by atoms with van der Waals surface area (Å²) in [5, 5.41) is 4.11. The van der Waals surface area contributed by atoms with Crippen LogP contribution in [0, 0.1) is 0 Å². The van der Waals surface area contributed by atoms with Crippen LogP contribution in [0.5, 0.6) is 0 Å². The highest BCUT2D eigenvalue weighted by Gasteiger charge is 2.13. The van der Waals surface area contributed by atoms with Gasteiger partial charge in [-0.15, -0.1) is 0 Å². The summed E-state index contributed by atoms with van der Waals surface area (Å²) in [4.78, 5) is 2.34. The minimum atomic E-state index is 0.566. The molecular weight excluding hydrogens is 210 g/mol. The van der Waals surface area contributed by atoms with Crippen LogP contribution >= 0.6 is 11.6 Å². The third kappa shape index (κ3) is 2.43. The van der Waals surface area contributed by atoms with Gasteiger partial charge in [0, 0.05) is 43.4 Å². The van der Waals surface area contributed by atoms with Gasteiger partial charge in [0.25, 0.3) is 0 Å². The highest BCUT2D eigenvalue weighted by atomic mass is 35.5. The number of nitrogens with zero attached hydrogens (tertiary/aromatic N) is 1. The van der Waals surface area contributed by atoms with E-state index in [0.717, 1.165) is 31.2 Å². The van der Waals surface area contributed by atoms with Gasteiger partial charge < -0.3 is 16.0 Å². The van der Waals surface area contributed by atoms with E-state index in [9.17, 15) is 0 Å². The van der Waals surface area contributed by atoms with Crippen molar-refractivity contribution in [1.82, 2.24) is 5.32 Å². The van der Waals surface area contributed by atoms with Crippen molar-refractivity contribution in [3.05, 3.63) is 28.8 Å². The Kier molecular flexibility index (Phi) is 3.46. The molecule has 1 saturated heterocycles. The van der Waals surface area contributed by atoms with Crippen molar-refractivity contribution in [2.75, 3.05) is 31.1 Å². The zero-order valence-electron chi connectivity index (χ0n) is 8.67. The Hall–Kier alpha value is -0.770. The predicted molar refractivity (Wildman–Crippen MR) is 64.4 cm³/mol. The molecule has 0 unspecified atom stereocenters. The summed E-state index contributed by atoms with van der Waals surface area (Å²) >= 11 is 6.01. The van der Waals surface area contributed by atoms with E-state index in [1.54, 1.807) is 0 Å². The molecule has 0 radical (unpaired) electrons. The highest BCUT2D eigenvalue weighted by molar-refractivity contribution is 6.30. The summed E-state index contributed by atoms with van der Waals surface area (Å²) in [5.41, 5.74) is 8.08. The van der Waals surface area contributed by atoms with Crippen molar-refractivity contribution in [1.29, 1.82) is 0 Å². The van der Waals surface area contributed by atoms with E-state index < -0.39 is 0 Å². The predicted octanol–water partition coefficient (Wildman–Crippen LogP) is 1.21. The summed E-state index contributed by atoms with van der Waals surface area (Å²) in [7, 11) is 0. The van der Waals surface area contributed by atoms with Crippen LogP contribution in [0.4, 0.5) is 5.69 Å². The summed E-state index contributed by atoms with van der Waals surface area (Å²) < 4.78 is 0. The maximum Gasteiger partial charge on any atom is 0.0427 e. The van der Waals surface area contributed by atoms with Gasteiger partial charge in [-0.3, -0.25) is 0 Å². The zero-order valence-corrected chi connectivity index (χ0v) is 9.43. The van der Waals surface area contributed by atoms with E-state index in [1.807, 2.05) is 18.2 Å². The second kappa shape index (κ2) is 4.84. The van der Waals surface area contributed by atoms with Gasteiger partial charge in [-0.2, -0.15) is 0 Å². The van der Waals surface area contributed by atoms with Gasteiger partial charge in [-0.25, -0.2) is 0 Å². The second-order valence-electron chi connectivity index (χ2n) is 3.71. The summed E-state index contributed by atoms with van der Waals surface area (Å²) in [5.74, 6) is 0. The van der Waals surface area contributed by atoms with Gasteiger partial charge in [-0.05, 0) is 17.7 Å². The quantitative estimate of drug-likeness (QED) is 0.795. The first-order chi connectivity index (χ1) is 7.31. The third-order valence-electron chi connectivity index (χ3n) is 2.72. The Balaban J connectivity index is 2.27. The van der Waals surface area contributed by atoms with Gasteiger partial charge in [0.15, 0.2) is 0 Å². The van der Waals surface area contributed by atoms with Gasteiger partial charge in [-0.1, -0.05) is 17.7 Å². The topological polar surface area (TPSA) is 41.3 Å². The minimum Gasteiger partial charge on any atom is -0.369 e. The first-order valence-corrected chi connectivity index (χ1v) is 5.63. The van der Waals surface area contributed by atoms with Crippen molar-refractivity contribution in [3.63, 3.8) is 0 Å². The van der Waals surface area contributed by atoms with Crippen molar-refractivity contribution >= 4 is 17.3 Å². The summed E-state index contributed by atoms with van der Waals surface area (Å²) in [6, 6.07) is 5.92. The SMILES string of the molecule is NCc1ccc(Cl)cc1N1CCNCC1. The number of anilines is 1. The molecule has 3 N–H and O–H groups in total. The molecule has 1 aliphatic rings. The van der Waals surface area contributed by atoms with Gasteiger partial charge in [0.2, 0.25) is 0 Å².